The molecule has 0 aliphatic carbocycles. The van der Waals surface area contributed by atoms with Crippen molar-refractivity contribution >= 4 is 40.2 Å². The molecule has 110 valence electrons. The van der Waals surface area contributed by atoms with E-state index < -0.39 is 0 Å². The Hall–Kier alpha value is -1.66. The lowest BCUT2D eigenvalue weighted by molar-refractivity contribution is -0.118. The number of hydrogen-bond acceptors (Lipinski definition) is 5. The highest BCUT2D eigenvalue weighted by Gasteiger charge is 2.10. The minimum Gasteiger partial charge on any atom is -0.300 e. The largest absolute Gasteiger partial charge is 0.300 e. The molecule has 0 aliphatic rings. The van der Waals surface area contributed by atoms with Crippen molar-refractivity contribution in [3.63, 3.8) is 0 Å². The number of nitrogens with zero attached hydrogens (tertiary/aromatic N) is 2. The quantitative estimate of drug-likeness (QED) is 0.647. The van der Waals surface area contributed by atoms with Crippen molar-refractivity contribution in [2.45, 2.75) is 18.2 Å². The summed E-state index contributed by atoms with van der Waals surface area (Å²) in [5, 5.41) is 11.3. The van der Waals surface area contributed by atoms with Crippen LogP contribution in [0.5, 0.6) is 0 Å². The number of aromatic nitrogens is 2. The van der Waals surface area contributed by atoms with Crippen molar-refractivity contribution in [1.82, 2.24) is 10.2 Å². The molecule has 1 amide bonds. The van der Waals surface area contributed by atoms with Gasteiger partial charge in [-0.15, -0.1) is 10.2 Å². The molecule has 2 aromatic rings. The van der Waals surface area contributed by atoms with Crippen LogP contribution in [-0.4, -0.2) is 21.9 Å². The van der Waals surface area contributed by atoms with Crippen molar-refractivity contribution in [2.24, 2.45) is 5.92 Å². The van der Waals surface area contributed by atoms with E-state index in [-0.39, 0.29) is 11.8 Å². The molecule has 1 N–H and O–H groups in total. The van der Waals surface area contributed by atoms with Gasteiger partial charge in [-0.2, -0.15) is 0 Å². The second-order valence-corrected chi connectivity index (χ2v) is 6.89. The van der Waals surface area contributed by atoms with Crippen molar-refractivity contribution < 1.29 is 4.79 Å². The molecular formula is C15H17N3OS2. The van der Waals surface area contributed by atoms with Gasteiger partial charge >= 0.3 is 0 Å². The van der Waals surface area contributed by atoms with Crippen LogP contribution in [0, 0.1) is 5.92 Å². The number of carbonyl (C=O) groups is 1. The molecule has 0 fully saturated rings. The Morgan fingerprint density at radius 2 is 2.10 bits per heavy atom. The van der Waals surface area contributed by atoms with Gasteiger partial charge in [0, 0.05) is 11.7 Å². The van der Waals surface area contributed by atoms with Gasteiger partial charge in [-0.05, 0) is 5.56 Å². The van der Waals surface area contributed by atoms with Gasteiger partial charge in [0.05, 0.1) is 0 Å². The van der Waals surface area contributed by atoms with E-state index in [0.29, 0.717) is 5.13 Å². The molecule has 2 rings (SSSR count). The maximum atomic E-state index is 11.5. The lowest BCUT2D eigenvalue weighted by atomic mass is 10.2. The number of benzene rings is 1. The molecule has 6 heteroatoms. The molecule has 0 radical (unpaired) electrons. The van der Waals surface area contributed by atoms with E-state index >= 15 is 0 Å². The maximum absolute atomic E-state index is 11.5. The van der Waals surface area contributed by atoms with Crippen molar-refractivity contribution in [1.29, 1.82) is 0 Å². The molecule has 0 saturated heterocycles. The van der Waals surface area contributed by atoms with Crippen LogP contribution in [0.25, 0.3) is 6.08 Å². The van der Waals surface area contributed by atoms with E-state index in [1.165, 1.54) is 16.9 Å². The number of nitrogens with one attached hydrogen (secondary N) is 1. The maximum Gasteiger partial charge on any atom is 0.228 e. The number of amides is 1. The van der Waals surface area contributed by atoms with E-state index in [1.54, 1.807) is 11.8 Å². The summed E-state index contributed by atoms with van der Waals surface area (Å²) < 4.78 is 0.853. The monoisotopic (exact) mass is 319 g/mol. The molecule has 0 unspecified atom stereocenters. The Bertz CT molecular complexity index is 608. The van der Waals surface area contributed by atoms with Crippen LogP contribution in [0.2, 0.25) is 0 Å². The van der Waals surface area contributed by atoms with Crippen LogP contribution in [0.15, 0.2) is 40.7 Å². The van der Waals surface area contributed by atoms with Gasteiger partial charge in [-0.25, -0.2) is 0 Å². The number of carbonyl (C=O) groups excluding carboxylic acids is 1. The van der Waals surface area contributed by atoms with Crippen molar-refractivity contribution in [3.8, 4) is 0 Å². The summed E-state index contributed by atoms with van der Waals surface area (Å²) in [4.78, 5) is 11.5. The Balaban J connectivity index is 1.80. The first-order chi connectivity index (χ1) is 10.1. The standard InChI is InChI=1S/C15H17N3OS2/c1-11(2)13(19)16-14-17-18-15(21-14)20-10-6-9-12-7-4-3-5-8-12/h3-9,11H,10H2,1-2H3,(H,16,17,19)/b9-6+. The second-order valence-electron chi connectivity index (χ2n) is 4.64. The van der Waals surface area contributed by atoms with E-state index in [0.717, 1.165) is 10.1 Å². The van der Waals surface area contributed by atoms with E-state index in [9.17, 15) is 4.79 Å². The van der Waals surface area contributed by atoms with Crippen LogP contribution in [0.3, 0.4) is 0 Å². The number of hydrogen-bond donors (Lipinski definition) is 1. The fourth-order valence-corrected chi connectivity index (χ4v) is 3.03. The van der Waals surface area contributed by atoms with Crippen LogP contribution in [0.1, 0.15) is 19.4 Å². The molecule has 1 aromatic carbocycles. The summed E-state index contributed by atoms with van der Waals surface area (Å²) in [6.07, 6.45) is 4.17. The molecule has 0 aliphatic heterocycles. The lowest BCUT2D eigenvalue weighted by Gasteiger charge is -2.02. The molecule has 1 aromatic heterocycles. The van der Waals surface area contributed by atoms with Crippen LogP contribution < -0.4 is 5.32 Å². The van der Waals surface area contributed by atoms with E-state index in [1.807, 2.05) is 32.0 Å². The summed E-state index contributed by atoms with van der Waals surface area (Å²) in [5.41, 5.74) is 1.18. The molecule has 0 atom stereocenters. The smallest absolute Gasteiger partial charge is 0.228 e. The highest BCUT2D eigenvalue weighted by molar-refractivity contribution is 8.01. The lowest BCUT2D eigenvalue weighted by Crippen LogP contribution is -2.17. The molecule has 0 spiro atoms. The Morgan fingerprint density at radius 1 is 1.33 bits per heavy atom. The van der Waals surface area contributed by atoms with Gasteiger partial charge in [-0.1, -0.05) is 79.4 Å². The van der Waals surface area contributed by atoms with Gasteiger partial charge in [0.1, 0.15) is 0 Å². The van der Waals surface area contributed by atoms with Crippen LogP contribution in [-0.2, 0) is 4.79 Å². The highest BCUT2D eigenvalue weighted by Crippen LogP contribution is 2.25. The van der Waals surface area contributed by atoms with Gasteiger partial charge in [0.15, 0.2) is 4.34 Å². The number of anilines is 1. The van der Waals surface area contributed by atoms with Crippen LogP contribution >= 0.6 is 23.1 Å². The molecule has 0 saturated carbocycles. The topological polar surface area (TPSA) is 54.9 Å². The predicted molar refractivity (Wildman–Crippen MR) is 89.6 cm³/mol. The summed E-state index contributed by atoms with van der Waals surface area (Å²) in [7, 11) is 0. The molecule has 21 heavy (non-hydrogen) atoms. The minimum atomic E-state index is -0.0567. The summed E-state index contributed by atoms with van der Waals surface area (Å²) in [6, 6.07) is 10.2. The Labute approximate surface area is 132 Å². The van der Waals surface area contributed by atoms with Gasteiger partial charge < -0.3 is 5.32 Å². The zero-order chi connectivity index (χ0) is 15.1. The summed E-state index contributed by atoms with van der Waals surface area (Å²) in [6.45, 7) is 3.70. The van der Waals surface area contributed by atoms with E-state index in [2.05, 4.69) is 39.8 Å². The predicted octanol–water partition coefficient (Wildman–Crippen LogP) is 3.94. The molecule has 4 nitrogen and oxygen atoms in total. The molecule has 0 bridgehead atoms. The first-order valence-electron chi connectivity index (χ1n) is 6.64. The zero-order valence-electron chi connectivity index (χ0n) is 11.9. The Kier molecular flexibility index (Phi) is 5.95. The van der Waals surface area contributed by atoms with Gasteiger partial charge in [-0.3, -0.25) is 4.79 Å². The van der Waals surface area contributed by atoms with Gasteiger partial charge in [0.2, 0.25) is 11.0 Å². The van der Waals surface area contributed by atoms with Gasteiger partial charge in [0.25, 0.3) is 0 Å². The summed E-state index contributed by atoms with van der Waals surface area (Å²) in [5.74, 6) is 0.729. The third kappa shape index (κ3) is 5.32. The minimum absolute atomic E-state index is 0.0355. The van der Waals surface area contributed by atoms with Crippen molar-refractivity contribution in [2.75, 3.05) is 11.1 Å². The summed E-state index contributed by atoms with van der Waals surface area (Å²) >= 11 is 3.00. The first kappa shape index (κ1) is 15.7. The molecule has 1 heterocycles. The highest BCUT2D eigenvalue weighted by atomic mass is 32.2. The SMILES string of the molecule is CC(C)C(=O)Nc1nnc(SC/C=C/c2ccccc2)s1. The second kappa shape index (κ2) is 7.95. The molecular weight excluding hydrogens is 302 g/mol. The van der Waals surface area contributed by atoms with Crippen LogP contribution in [0.4, 0.5) is 5.13 Å². The third-order valence-electron chi connectivity index (χ3n) is 2.57. The Morgan fingerprint density at radius 3 is 2.81 bits per heavy atom. The number of rotatable bonds is 6. The normalized spacial score (nSPS) is 11.2. The average molecular weight is 319 g/mol. The first-order valence-corrected chi connectivity index (χ1v) is 8.44. The fraction of sp³-hybridized carbons (Fsp3) is 0.267. The fourth-order valence-electron chi connectivity index (χ4n) is 1.44. The van der Waals surface area contributed by atoms with E-state index in [4.69, 9.17) is 0 Å². The number of thioether (sulfide) groups is 1. The van der Waals surface area contributed by atoms with Crippen molar-refractivity contribution in [3.05, 3.63) is 42.0 Å². The average Bonchev–Trinajstić information content (AvgIpc) is 2.92. The zero-order valence-corrected chi connectivity index (χ0v) is 13.6. The third-order valence-corrected chi connectivity index (χ3v) is 4.50.